The lowest BCUT2D eigenvalue weighted by Gasteiger charge is -2.09. The molecule has 1 saturated heterocycles. The highest BCUT2D eigenvalue weighted by Gasteiger charge is 2.30. The molecule has 1 aliphatic rings. The normalized spacial score (nSPS) is 17.1. The van der Waals surface area contributed by atoms with Gasteiger partial charge in [0.1, 0.15) is 6.34 Å². The Bertz CT molecular complexity index is 588. The number of halogens is 3. The van der Waals surface area contributed by atoms with Crippen molar-refractivity contribution in [2.45, 2.75) is 23.9 Å². The maximum atomic E-state index is 12.4. The van der Waals surface area contributed by atoms with Crippen LogP contribution >= 0.6 is 0 Å². The predicted octanol–water partition coefficient (Wildman–Crippen LogP) is 2.52. The van der Waals surface area contributed by atoms with Gasteiger partial charge in [0.05, 0.1) is 10.5 Å². The van der Waals surface area contributed by atoms with Crippen molar-refractivity contribution in [2.24, 2.45) is 4.40 Å². The number of likely N-dealkylation sites (tertiary alicyclic amines) is 1. The summed E-state index contributed by atoms with van der Waals surface area (Å²) in [6.07, 6.45) is -1.29. The van der Waals surface area contributed by atoms with Crippen LogP contribution in [0.3, 0.4) is 0 Å². The molecule has 0 spiro atoms. The van der Waals surface area contributed by atoms with Crippen molar-refractivity contribution in [3.05, 3.63) is 29.8 Å². The van der Waals surface area contributed by atoms with Crippen molar-refractivity contribution in [3.8, 4) is 0 Å². The van der Waals surface area contributed by atoms with Gasteiger partial charge in [-0.3, -0.25) is 0 Å². The Morgan fingerprint density at radius 2 is 1.65 bits per heavy atom. The summed E-state index contributed by atoms with van der Waals surface area (Å²) in [6, 6.07) is 3.30. The summed E-state index contributed by atoms with van der Waals surface area (Å²) in [4.78, 5) is 1.52. The Morgan fingerprint density at radius 3 is 2.15 bits per heavy atom. The molecule has 0 N–H and O–H groups in total. The molecule has 8 heteroatoms. The summed E-state index contributed by atoms with van der Waals surface area (Å²) in [7, 11) is -3.95. The van der Waals surface area contributed by atoms with E-state index in [0.717, 1.165) is 50.2 Å². The van der Waals surface area contributed by atoms with Crippen molar-refractivity contribution in [3.63, 3.8) is 0 Å². The van der Waals surface area contributed by atoms with Crippen LogP contribution in [0.4, 0.5) is 13.2 Å². The second kappa shape index (κ2) is 5.43. The standard InChI is InChI=1S/C12H13F3N2O2S/c13-12(14,15)10-3-5-11(6-4-10)20(18,19)16-9-17-7-1-2-8-17/h3-6,9H,1-2,7-8H2. The Labute approximate surface area is 115 Å². The van der Waals surface area contributed by atoms with E-state index in [0.29, 0.717) is 0 Å². The number of alkyl halides is 3. The van der Waals surface area contributed by atoms with Gasteiger partial charge in [-0.25, -0.2) is 0 Å². The van der Waals surface area contributed by atoms with E-state index in [2.05, 4.69) is 4.40 Å². The molecule has 4 nitrogen and oxygen atoms in total. The minimum Gasteiger partial charge on any atom is -0.362 e. The van der Waals surface area contributed by atoms with Gasteiger partial charge in [-0.1, -0.05) is 0 Å². The first-order valence-corrected chi connectivity index (χ1v) is 7.45. The number of sulfonamides is 1. The summed E-state index contributed by atoms with van der Waals surface area (Å²) in [5.74, 6) is 0. The van der Waals surface area contributed by atoms with Crippen LogP contribution in [0, 0.1) is 0 Å². The smallest absolute Gasteiger partial charge is 0.362 e. The van der Waals surface area contributed by atoms with E-state index >= 15 is 0 Å². The van der Waals surface area contributed by atoms with Crippen LogP contribution in [-0.2, 0) is 16.2 Å². The molecule has 0 amide bonds. The first-order chi connectivity index (χ1) is 9.29. The van der Waals surface area contributed by atoms with Crippen molar-refractivity contribution in [2.75, 3.05) is 13.1 Å². The average Bonchev–Trinajstić information content (AvgIpc) is 2.89. The average molecular weight is 306 g/mol. The van der Waals surface area contributed by atoms with Gasteiger partial charge in [0.15, 0.2) is 0 Å². The van der Waals surface area contributed by atoms with Crippen molar-refractivity contribution >= 4 is 16.4 Å². The van der Waals surface area contributed by atoms with Crippen molar-refractivity contribution in [1.82, 2.24) is 4.90 Å². The van der Waals surface area contributed by atoms with Gasteiger partial charge >= 0.3 is 6.18 Å². The molecule has 0 aromatic heterocycles. The van der Waals surface area contributed by atoms with E-state index in [9.17, 15) is 21.6 Å². The second-order valence-electron chi connectivity index (χ2n) is 4.46. The molecule has 1 heterocycles. The van der Waals surface area contributed by atoms with Gasteiger partial charge < -0.3 is 4.90 Å². The Morgan fingerprint density at radius 1 is 1.10 bits per heavy atom. The van der Waals surface area contributed by atoms with E-state index in [1.54, 1.807) is 4.90 Å². The third-order valence-corrected chi connectivity index (χ3v) is 4.21. The van der Waals surface area contributed by atoms with Crippen LogP contribution < -0.4 is 0 Å². The van der Waals surface area contributed by atoms with E-state index in [4.69, 9.17) is 0 Å². The molecule has 1 aromatic rings. The van der Waals surface area contributed by atoms with Crippen LogP contribution in [0.25, 0.3) is 0 Å². The van der Waals surface area contributed by atoms with Crippen LogP contribution in [0.1, 0.15) is 18.4 Å². The highest BCUT2D eigenvalue weighted by Crippen LogP contribution is 2.29. The third kappa shape index (κ3) is 3.50. The van der Waals surface area contributed by atoms with Gasteiger partial charge in [-0.15, -0.1) is 4.40 Å². The molecule has 0 aliphatic carbocycles. The first-order valence-electron chi connectivity index (χ1n) is 6.01. The third-order valence-electron chi connectivity index (χ3n) is 2.97. The number of hydrogen-bond donors (Lipinski definition) is 0. The topological polar surface area (TPSA) is 49.7 Å². The number of benzene rings is 1. The lowest BCUT2D eigenvalue weighted by molar-refractivity contribution is -0.137. The fraction of sp³-hybridized carbons (Fsp3) is 0.417. The van der Waals surface area contributed by atoms with Crippen LogP contribution in [0.5, 0.6) is 0 Å². The van der Waals surface area contributed by atoms with Gasteiger partial charge in [0, 0.05) is 13.1 Å². The minimum atomic E-state index is -4.49. The molecule has 1 aliphatic heterocycles. The number of nitrogens with zero attached hydrogens (tertiary/aromatic N) is 2. The maximum Gasteiger partial charge on any atom is 0.416 e. The number of hydrogen-bond acceptors (Lipinski definition) is 2. The summed E-state index contributed by atoms with van der Waals surface area (Å²) in [5, 5.41) is 0. The molecule has 0 unspecified atom stereocenters. The number of rotatable bonds is 3. The zero-order valence-electron chi connectivity index (χ0n) is 10.5. The van der Waals surface area contributed by atoms with E-state index in [-0.39, 0.29) is 4.90 Å². The Hall–Kier alpha value is -1.57. The molecule has 0 bridgehead atoms. The SMILES string of the molecule is O=S(=O)(N=CN1CCCC1)c1ccc(C(F)(F)F)cc1. The predicted molar refractivity (Wildman–Crippen MR) is 67.9 cm³/mol. The molecular formula is C12H13F3N2O2S. The summed E-state index contributed by atoms with van der Waals surface area (Å²) in [5.41, 5.74) is -0.889. The largest absolute Gasteiger partial charge is 0.416 e. The maximum absolute atomic E-state index is 12.4. The fourth-order valence-corrected chi connectivity index (χ4v) is 2.72. The first kappa shape index (κ1) is 14.8. The second-order valence-corrected chi connectivity index (χ2v) is 6.09. The molecule has 1 fully saturated rings. The summed E-state index contributed by atoms with van der Waals surface area (Å²) in [6.45, 7) is 1.48. The molecule has 20 heavy (non-hydrogen) atoms. The minimum absolute atomic E-state index is 0.249. The molecular weight excluding hydrogens is 293 g/mol. The van der Waals surface area contributed by atoms with Crippen molar-refractivity contribution < 1.29 is 21.6 Å². The zero-order valence-corrected chi connectivity index (χ0v) is 11.3. The van der Waals surface area contributed by atoms with E-state index in [1.165, 1.54) is 6.34 Å². The van der Waals surface area contributed by atoms with Crippen LogP contribution in [0.2, 0.25) is 0 Å². The molecule has 0 atom stereocenters. The van der Waals surface area contributed by atoms with Gasteiger partial charge in [-0.2, -0.15) is 21.6 Å². The van der Waals surface area contributed by atoms with Crippen molar-refractivity contribution in [1.29, 1.82) is 0 Å². The monoisotopic (exact) mass is 306 g/mol. The van der Waals surface area contributed by atoms with Gasteiger partial charge in [0.2, 0.25) is 0 Å². The highest BCUT2D eigenvalue weighted by atomic mass is 32.2. The molecule has 110 valence electrons. The molecule has 2 rings (SSSR count). The zero-order chi connectivity index (χ0) is 14.8. The molecule has 0 radical (unpaired) electrons. The quantitative estimate of drug-likeness (QED) is 0.637. The highest BCUT2D eigenvalue weighted by molar-refractivity contribution is 7.90. The van der Waals surface area contributed by atoms with Gasteiger partial charge in [-0.05, 0) is 37.1 Å². The van der Waals surface area contributed by atoms with Crippen LogP contribution in [0.15, 0.2) is 33.6 Å². The van der Waals surface area contributed by atoms with E-state index < -0.39 is 21.8 Å². The lowest BCUT2D eigenvalue weighted by atomic mass is 10.2. The van der Waals surface area contributed by atoms with E-state index in [1.807, 2.05) is 0 Å². The summed E-state index contributed by atoms with van der Waals surface area (Å²) < 4.78 is 64.3. The van der Waals surface area contributed by atoms with Crippen LogP contribution in [-0.4, -0.2) is 32.7 Å². The van der Waals surface area contributed by atoms with Gasteiger partial charge in [0.25, 0.3) is 10.0 Å². The Kier molecular flexibility index (Phi) is 4.03. The molecule has 1 aromatic carbocycles. The summed E-state index contributed by atoms with van der Waals surface area (Å²) >= 11 is 0. The fourth-order valence-electron chi connectivity index (χ4n) is 1.86. The lowest BCUT2D eigenvalue weighted by Crippen LogP contribution is -2.17. The molecule has 0 saturated carbocycles. The Balaban J connectivity index is 2.17.